The van der Waals surface area contributed by atoms with Gasteiger partial charge in [-0.1, -0.05) is 0 Å². The van der Waals surface area contributed by atoms with Crippen LogP contribution in [0.3, 0.4) is 0 Å². The number of nitrogens with one attached hydrogen (secondary N) is 1. The number of carbonyl (C=O) groups excluding carboxylic acids is 1. The average Bonchev–Trinajstić information content (AvgIpc) is 1.86. The summed E-state index contributed by atoms with van der Waals surface area (Å²) < 4.78 is 5.22. The predicted octanol–water partition coefficient (Wildman–Crippen LogP) is -0.131. The Kier molecular flexibility index (Phi) is 0.990. The predicted molar refractivity (Wildman–Crippen MR) is 30.6 cm³/mol. The van der Waals surface area contributed by atoms with Crippen molar-refractivity contribution >= 4 is 5.91 Å². The lowest BCUT2D eigenvalue weighted by Gasteiger charge is -2.39. The third-order valence-electron chi connectivity index (χ3n) is 1.94. The van der Waals surface area contributed by atoms with E-state index in [0.29, 0.717) is 0 Å². The Morgan fingerprint density at radius 2 is 2.56 bits per heavy atom. The van der Waals surface area contributed by atoms with Crippen LogP contribution >= 0.6 is 0 Å². The molecule has 0 aromatic heterocycles. The highest BCUT2D eigenvalue weighted by atomic mass is 16.5. The zero-order valence-corrected chi connectivity index (χ0v) is 5.09. The average molecular weight is 127 g/mol. The molecule has 3 nitrogen and oxygen atoms in total. The molecule has 3 heteroatoms. The molecule has 2 saturated heterocycles. The van der Waals surface area contributed by atoms with Gasteiger partial charge in [0.05, 0.1) is 5.92 Å². The molecule has 0 spiro atoms. The molecular formula is C6H9NO2. The number of fused-ring (bicyclic) bond motifs is 1. The standard InChI is InChI=1S/C6H9NO2/c8-5-4-2-1-3-9-6(4)7-5/h4,6H,1-3H2,(H,7,8)/t4-,6-/m0/s1. The first-order valence-corrected chi connectivity index (χ1v) is 3.30. The Morgan fingerprint density at radius 3 is 3.11 bits per heavy atom. The molecule has 2 fully saturated rings. The van der Waals surface area contributed by atoms with Gasteiger partial charge in [-0.3, -0.25) is 4.79 Å². The lowest BCUT2D eigenvalue weighted by atomic mass is 9.92. The summed E-state index contributed by atoms with van der Waals surface area (Å²) in [5.41, 5.74) is 0. The number of hydrogen-bond acceptors (Lipinski definition) is 2. The Labute approximate surface area is 53.4 Å². The first-order chi connectivity index (χ1) is 4.38. The number of ether oxygens (including phenoxy) is 1. The molecule has 0 bridgehead atoms. The van der Waals surface area contributed by atoms with Crippen LogP contribution in [-0.4, -0.2) is 18.7 Å². The fourth-order valence-electron chi connectivity index (χ4n) is 1.34. The quantitative estimate of drug-likeness (QED) is 0.460. The van der Waals surface area contributed by atoms with Crippen molar-refractivity contribution < 1.29 is 9.53 Å². The van der Waals surface area contributed by atoms with Gasteiger partial charge in [-0.15, -0.1) is 0 Å². The maximum Gasteiger partial charge on any atom is 0.229 e. The van der Waals surface area contributed by atoms with E-state index in [1.165, 1.54) is 0 Å². The molecule has 0 unspecified atom stereocenters. The van der Waals surface area contributed by atoms with Crippen LogP contribution in [0.4, 0.5) is 0 Å². The Hall–Kier alpha value is -0.570. The Balaban J connectivity index is 2.01. The van der Waals surface area contributed by atoms with Crippen LogP contribution in [0.2, 0.25) is 0 Å². The molecule has 2 rings (SSSR count). The second-order valence-corrected chi connectivity index (χ2v) is 2.55. The summed E-state index contributed by atoms with van der Waals surface area (Å²) in [6, 6.07) is 0. The van der Waals surface area contributed by atoms with Crippen LogP contribution in [0.5, 0.6) is 0 Å². The van der Waals surface area contributed by atoms with E-state index in [-0.39, 0.29) is 18.1 Å². The minimum absolute atomic E-state index is 0.0613. The zero-order chi connectivity index (χ0) is 6.27. The summed E-state index contributed by atoms with van der Waals surface area (Å²) in [5.74, 6) is 0.346. The molecule has 0 aromatic rings. The first-order valence-electron chi connectivity index (χ1n) is 3.30. The van der Waals surface area contributed by atoms with Crippen LogP contribution in [0.15, 0.2) is 0 Å². The first kappa shape index (κ1) is 5.23. The van der Waals surface area contributed by atoms with E-state index in [1.54, 1.807) is 0 Å². The summed E-state index contributed by atoms with van der Waals surface area (Å²) in [6.07, 6.45) is 2.11. The summed E-state index contributed by atoms with van der Waals surface area (Å²) in [4.78, 5) is 10.7. The van der Waals surface area contributed by atoms with E-state index >= 15 is 0 Å². The number of carbonyl (C=O) groups is 1. The summed E-state index contributed by atoms with van der Waals surface area (Å²) in [6.45, 7) is 0.807. The maximum atomic E-state index is 10.7. The van der Waals surface area contributed by atoms with Gasteiger partial charge in [-0.05, 0) is 12.8 Å². The van der Waals surface area contributed by atoms with Crippen molar-refractivity contribution in [1.82, 2.24) is 5.32 Å². The van der Waals surface area contributed by atoms with Crippen molar-refractivity contribution in [3.63, 3.8) is 0 Å². The molecule has 0 aliphatic carbocycles. The molecule has 0 saturated carbocycles. The minimum atomic E-state index is 0.0613. The molecule has 50 valence electrons. The van der Waals surface area contributed by atoms with Crippen LogP contribution in [0.1, 0.15) is 12.8 Å². The van der Waals surface area contributed by atoms with Crippen molar-refractivity contribution in [2.45, 2.75) is 19.1 Å². The topological polar surface area (TPSA) is 38.3 Å². The highest BCUT2D eigenvalue weighted by Gasteiger charge is 2.41. The summed E-state index contributed by atoms with van der Waals surface area (Å²) in [7, 11) is 0. The van der Waals surface area contributed by atoms with Gasteiger partial charge in [-0.2, -0.15) is 0 Å². The third kappa shape index (κ3) is 0.645. The number of amides is 1. The molecular weight excluding hydrogens is 118 g/mol. The second-order valence-electron chi connectivity index (χ2n) is 2.55. The van der Waals surface area contributed by atoms with Crippen LogP contribution in [-0.2, 0) is 9.53 Å². The van der Waals surface area contributed by atoms with Gasteiger partial charge in [0.2, 0.25) is 5.91 Å². The second kappa shape index (κ2) is 1.70. The molecule has 2 atom stereocenters. The third-order valence-corrected chi connectivity index (χ3v) is 1.94. The van der Waals surface area contributed by atoms with Crippen molar-refractivity contribution in [1.29, 1.82) is 0 Å². The Morgan fingerprint density at radius 1 is 1.67 bits per heavy atom. The fourth-order valence-corrected chi connectivity index (χ4v) is 1.34. The molecule has 2 heterocycles. The minimum Gasteiger partial charge on any atom is -0.358 e. The molecule has 1 N–H and O–H groups in total. The highest BCUT2D eigenvalue weighted by Crippen LogP contribution is 2.25. The molecule has 2 aliphatic rings. The fraction of sp³-hybridized carbons (Fsp3) is 0.833. The monoisotopic (exact) mass is 127 g/mol. The maximum absolute atomic E-state index is 10.7. The lowest BCUT2D eigenvalue weighted by molar-refractivity contribution is -0.161. The van der Waals surface area contributed by atoms with Crippen molar-refractivity contribution in [2.75, 3.05) is 6.61 Å². The van der Waals surface area contributed by atoms with E-state index < -0.39 is 0 Å². The largest absolute Gasteiger partial charge is 0.358 e. The van der Waals surface area contributed by atoms with E-state index in [2.05, 4.69) is 5.32 Å². The van der Waals surface area contributed by atoms with Gasteiger partial charge in [0.15, 0.2) is 0 Å². The molecule has 0 aromatic carbocycles. The van der Waals surface area contributed by atoms with Crippen molar-refractivity contribution in [2.24, 2.45) is 5.92 Å². The van der Waals surface area contributed by atoms with Gasteiger partial charge in [-0.25, -0.2) is 0 Å². The van der Waals surface area contributed by atoms with Gasteiger partial charge in [0.1, 0.15) is 6.23 Å². The number of β-lactam (4-membered cyclic amide) rings is 1. The zero-order valence-electron chi connectivity index (χ0n) is 5.09. The lowest BCUT2D eigenvalue weighted by Crippen LogP contribution is -2.61. The summed E-state index contributed by atoms with van der Waals surface area (Å²) in [5, 5.41) is 2.68. The van der Waals surface area contributed by atoms with E-state index in [1.807, 2.05) is 0 Å². The normalized spacial score (nSPS) is 40.7. The van der Waals surface area contributed by atoms with Gasteiger partial charge >= 0.3 is 0 Å². The summed E-state index contributed by atoms with van der Waals surface area (Å²) >= 11 is 0. The van der Waals surface area contributed by atoms with Gasteiger partial charge in [0, 0.05) is 6.61 Å². The van der Waals surface area contributed by atoms with Crippen molar-refractivity contribution in [3.05, 3.63) is 0 Å². The van der Waals surface area contributed by atoms with Crippen LogP contribution < -0.4 is 5.32 Å². The molecule has 1 amide bonds. The number of hydrogen-bond donors (Lipinski definition) is 1. The van der Waals surface area contributed by atoms with Crippen molar-refractivity contribution in [3.8, 4) is 0 Å². The molecule has 9 heavy (non-hydrogen) atoms. The molecule has 0 radical (unpaired) electrons. The SMILES string of the molecule is O=C1N[C@H]2OCCC[C@@H]12. The smallest absolute Gasteiger partial charge is 0.229 e. The highest BCUT2D eigenvalue weighted by molar-refractivity contribution is 5.85. The van der Waals surface area contributed by atoms with Gasteiger partial charge in [0.25, 0.3) is 0 Å². The molecule has 2 aliphatic heterocycles. The van der Waals surface area contributed by atoms with E-state index in [0.717, 1.165) is 19.4 Å². The van der Waals surface area contributed by atoms with Crippen LogP contribution in [0.25, 0.3) is 0 Å². The van der Waals surface area contributed by atoms with E-state index in [4.69, 9.17) is 4.74 Å². The Bertz CT molecular complexity index is 146. The van der Waals surface area contributed by atoms with Crippen LogP contribution in [0, 0.1) is 5.92 Å². The van der Waals surface area contributed by atoms with E-state index in [9.17, 15) is 4.79 Å². The van der Waals surface area contributed by atoms with Gasteiger partial charge < -0.3 is 10.1 Å². The number of rotatable bonds is 0.